The lowest BCUT2D eigenvalue weighted by atomic mass is 10.2. The van der Waals surface area contributed by atoms with Crippen LogP contribution in [0, 0.1) is 0 Å². The number of halogens is 1. The van der Waals surface area contributed by atoms with Crippen molar-refractivity contribution in [2.45, 2.75) is 37.2 Å². The highest BCUT2D eigenvalue weighted by atomic mass is 35.5. The van der Waals surface area contributed by atoms with Crippen LogP contribution in [0.1, 0.15) is 25.6 Å². The minimum absolute atomic E-state index is 0.578. The van der Waals surface area contributed by atoms with Gasteiger partial charge in [-0.15, -0.1) is 15.3 Å². The second-order valence-electron chi connectivity index (χ2n) is 6.78. The zero-order chi connectivity index (χ0) is 21.6. The van der Waals surface area contributed by atoms with Crippen molar-refractivity contribution in [2.24, 2.45) is 0 Å². The summed E-state index contributed by atoms with van der Waals surface area (Å²) in [4.78, 5) is 0. The molecule has 10 heteroatoms. The van der Waals surface area contributed by atoms with E-state index in [1.807, 2.05) is 57.8 Å². The predicted molar refractivity (Wildman–Crippen MR) is 121 cm³/mol. The summed E-state index contributed by atoms with van der Waals surface area (Å²) in [5.41, 5.74) is 1.76. The molecular formula is C21H22ClN7OS. The Balaban J connectivity index is 1.71. The monoisotopic (exact) mass is 455 g/mol. The number of para-hydroxylation sites is 1. The summed E-state index contributed by atoms with van der Waals surface area (Å²) in [6.07, 6.45) is 2.11. The average molecular weight is 456 g/mol. The highest BCUT2D eigenvalue weighted by Gasteiger charge is 2.20. The zero-order valence-electron chi connectivity index (χ0n) is 17.3. The lowest BCUT2D eigenvalue weighted by molar-refractivity contribution is 0.416. The fraction of sp³-hybridized carbons (Fsp3) is 0.286. The van der Waals surface area contributed by atoms with Gasteiger partial charge >= 0.3 is 0 Å². The molecule has 8 nitrogen and oxygen atoms in total. The predicted octanol–water partition coefficient (Wildman–Crippen LogP) is 4.68. The van der Waals surface area contributed by atoms with Crippen LogP contribution in [0.15, 0.2) is 53.7 Å². The van der Waals surface area contributed by atoms with E-state index < -0.39 is 0 Å². The summed E-state index contributed by atoms with van der Waals surface area (Å²) in [7, 11) is 1.65. The number of methoxy groups -OCH3 is 1. The Labute approximate surface area is 189 Å². The molecule has 0 radical (unpaired) electrons. The number of thioether (sulfide) groups is 1. The second-order valence-corrected chi connectivity index (χ2v) is 8.16. The molecule has 4 rings (SSSR count). The molecule has 0 amide bonds. The number of rotatable bonds is 9. The van der Waals surface area contributed by atoms with Crippen LogP contribution in [0.5, 0.6) is 5.75 Å². The third-order valence-electron chi connectivity index (χ3n) is 4.73. The fourth-order valence-electron chi connectivity index (χ4n) is 3.13. The highest BCUT2D eigenvalue weighted by Crippen LogP contribution is 2.34. The number of benzene rings is 2. The van der Waals surface area contributed by atoms with Crippen LogP contribution >= 0.6 is 23.4 Å². The number of hydrogen-bond donors (Lipinski definition) is 0. The van der Waals surface area contributed by atoms with E-state index in [0.29, 0.717) is 16.6 Å². The maximum atomic E-state index is 6.11. The fourth-order valence-corrected chi connectivity index (χ4v) is 4.14. The average Bonchev–Trinajstić information content (AvgIpc) is 3.43. The highest BCUT2D eigenvalue weighted by molar-refractivity contribution is 7.98. The van der Waals surface area contributed by atoms with E-state index in [1.165, 1.54) is 11.8 Å². The first-order chi connectivity index (χ1) is 15.2. The van der Waals surface area contributed by atoms with Gasteiger partial charge in [-0.25, -0.2) is 4.68 Å². The Kier molecular flexibility index (Phi) is 6.83. The van der Waals surface area contributed by atoms with Gasteiger partial charge in [0.1, 0.15) is 5.75 Å². The first kappa shape index (κ1) is 21.3. The van der Waals surface area contributed by atoms with E-state index in [9.17, 15) is 0 Å². The van der Waals surface area contributed by atoms with Gasteiger partial charge in [-0.3, -0.25) is 4.57 Å². The molecule has 0 N–H and O–H groups in total. The van der Waals surface area contributed by atoms with Crippen molar-refractivity contribution in [2.75, 3.05) is 7.11 Å². The molecule has 2 aromatic heterocycles. The lowest BCUT2D eigenvalue weighted by Crippen LogP contribution is -2.06. The number of hydrogen-bond acceptors (Lipinski definition) is 7. The molecule has 0 atom stereocenters. The van der Waals surface area contributed by atoms with Crippen LogP contribution in [0.25, 0.3) is 17.1 Å². The number of nitrogens with zero attached hydrogens (tertiary/aromatic N) is 7. The first-order valence-electron chi connectivity index (χ1n) is 9.94. The van der Waals surface area contributed by atoms with Crippen molar-refractivity contribution in [3.05, 3.63) is 59.4 Å². The molecular weight excluding hydrogens is 434 g/mol. The van der Waals surface area contributed by atoms with Crippen LogP contribution in [0.4, 0.5) is 0 Å². The van der Waals surface area contributed by atoms with Crippen LogP contribution in [0.2, 0.25) is 5.02 Å². The van der Waals surface area contributed by atoms with Gasteiger partial charge in [0.05, 0.1) is 18.4 Å². The number of tetrazole rings is 1. The standard InChI is InChI=1S/C21H22ClN7OS/c1-3-4-13-28-19(23-26-27-28)14-31-21-25-24-20(17-7-5-6-8-18(17)30-2)29(21)16-11-9-15(22)10-12-16/h5-12H,3-4,13-14H2,1-2H3. The van der Waals surface area contributed by atoms with Crippen LogP contribution < -0.4 is 4.74 Å². The van der Waals surface area contributed by atoms with Gasteiger partial charge < -0.3 is 4.74 Å². The Hall–Kier alpha value is -2.91. The van der Waals surface area contributed by atoms with E-state index in [1.54, 1.807) is 7.11 Å². The zero-order valence-corrected chi connectivity index (χ0v) is 18.8. The van der Waals surface area contributed by atoms with E-state index in [-0.39, 0.29) is 0 Å². The van der Waals surface area contributed by atoms with Crippen LogP contribution in [-0.2, 0) is 12.3 Å². The number of aromatic nitrogens is 7. The minimum Gasteiger partial charge on any atom is -0.496 e. The number of ether oxygens (including phenoxy) is 1. The van der Waals surface area contributed by atoms with Gasteiger partial charge in [0, 0.05) is 17.3 Å². The molecule has 0 aliphatic heterocycles. The normalized spacial score (nSPS) is 11.1. The molecule has 0 aliphatic carbocycles. The van der Waals surface area contributed by atoms with E-state index in [4.69, 9.17) is 16.3 Å². The van der Waals surface area contributed by atoms with Crippen molar-refractivity contribution in [3.63, 3.8) is 0 Å². The molecule has 0 unspecified atom stereocenters. The largest absolute Gasteiger partial charge is 0.496 e. The Morgan fingerprint density at radius 2 is 1.84 bits per heavy atom. The van der Waals surface area contributed by atoms with Crippen molar-refractivity contribution >= 4 is 23.4 Å². The Morgan fingerprint density at radius 3 is 2.61 bits per heavy atom. The summed E-state index contributed by atoms with van der Waals surface area (Å²) in [5, 5.41) is 22.5. The molecule has 0 saturated carbocycles. The van der Waals surface area contributed by atoms with Crippen LogP contribution in [-0.4, -0.2) is 42.1 Å². The molecule has 0 aliphatic rings. The maximum absolute atomic E-state index is 6.11. The minimum atomic E-state index is 0.578. The number of aryl methyl sites for hydroxylation is 1. The van der Waals surface area contributed by atoms with Gasteiger partial charge in [-0.05, 0) is 53.2 Å². The van der Waals surface area contributed by atoms with E-state index in [0.717, 1.165) is 47.4 Å². The summed E-state index contributed by atoms with van der Waals surface area (Å²) in [6, 6.07) is 15.3. The van der Waals surface area contributed by atoms with Gasteiger partial charge in [0.2, 0.25) is 0 Å². The molecule has 160 valence electrons. The van der Waals surface area contributed by atoms with E-state index >= 15 is 0 Å². The summed E-state index contributed by atoms with van der Waals surface area (Å²) >= 11 is 7.65. The van der Waals surface area contributed by atoms with Crippen molar-refractivity contribution in [1.82, 2.24) is 35.0 Å². The molecule has 0 spiro atoms. The Morgan fingerprint density at radius 1 is 1.03 bits per heavy atom. The summed E-state index contributed by atoms with van der Waals surface area (Å²) in [6.45, 7) is 2.95. The first-order valence-corrected chi connectivity index (χ1v) is 11.3. The molecule has 31 heavy (non-hydrogen) atoms. The molecule has 0 bridgehead atoms. The quantitative estimate of drug-likeness (QED) is 0.339. The smallest absolute Gasteiger partial charge is 0.196 e. The third kappa shape index (κ3) is 4.72. The van der Waals surface area contributed by atoms with Crippen LogP contribution in [0.3, 0.4) is 0 Å². The molecule has 2 heterocycles. The number of unbranched alkanes of at least 4 members (excludes halogenated alkanes) is 1. The van der Waals surface area contributed by atoms with Crippen molar-refractivity contribution in [3.8, 4) is 22.8 Å². The molecule has 0 saturated heterocycles. The van der Waals surface area contributed by atoms with Gasteiger partial charge in [0.15, 0.2) is 16.8 Å². The van der Waals surface area contributed by atoms with Crippen molar-refractivity contribution in [1.29, 1.82) is 0 Å². The topological polar surface area (TPSA) is 83.5 Å². The SMILES string of the molecule is CCCCn1nnnc1CSc1nnc(-c2ccccc2OC)n1-c1ccc(Cl)cc1. The van der Waals surface area contributed by atoms with Gasteiger partial charge in [-0.1, -0.05) is 48.8 Å². The summed E-state index contributed by atoms with van der Waals surface area (Å²) < 4.78 is 9.40. The maximum Gasteiger partial charge on any atom is 0.196 e. The molecule has 0 fully saturated rings. The van der Waals surface area contributed by atoms with Gasteiger partial charge in [0.25, 0.3) is 0 Å². The Bertz CT molecular complexity index is 1140. The third-order valence-corrected chi connectivity index (χ3v) is 5.90. The van der Waals surface area contributed by atoms with Gasteiger partial charge in [-0.2, -0.15) is 0 Å². The second kappa shape index (κ2) is 9.93. The molecule has 2 aromatic carbocycles. The van der Waals surface area contributed by atoms with Crippen molar-refractivity contribution < 1.29 is 4.74 Å². The lowest BCUT2D eigenvalue weighted by Gasteiger charge is -2.12. The molecule has 4 aromatic rings. The van der Waals surface area contributed by atoms with E-state index in [2.05, 4.69) is 32.6 Å². The summed E-state index contributed by atoms with van der Waals surface area (Å²) in [5.74, 6) is 2.80.